The summed E-state index contributed by atoms with van der Waals surface area (Å²) in [6.07, 6.45) is 0. The molecular formula is C18H19ClN2O4S. The lowest BCUT2D eigenvalue weighted by Crippen LogP contribution is -2.15. The standard InChI is InChI=1S/C18H19ClN2O4S/c1-3-25-17-12(19)8-11(9-14(17)24-2)18(23)21-13-6-4-5-7-15(13)26-10-16(20)22/h4-9H,3,10H2,1-2H3,(H2,20,22)(H,21,23). The second-order valence-corrected chi connectivity index (χ2v) is 6.55. The molecule has 0 atom stereocenters. The van der Waals surface area contributed by atoms with Gasteiger partial charge in [-0.05, 0) is 31.2 Å². The lowest BCUT2D eigenvalue weighted by Gasteiger charge is -2.14. The normalized spacial score (nSPS) is 10.3. The minimum atomic E-state index is -0.431. The van der Waals surface area contributed by atoms with Crippen molar-refractivity contribution in [2.45, 2.75) is 11.8 Å². The van der Waals surface area contributed by atoms with Crippen molar-refractivity contribution in [3.8, 4) is 11.5 Å². The first kappa shape index (κ1) is 19.9. The van der Waals surface area contributed by atoms with E-state index in [0.29, 0.717) is 29.4 Å². The zero-order valence-electron chi connectivity index (χ0n) is 14.4. The molecule has 2 amide bonds. The Bertz CT molecular complexity index is 814. The summed E-state index contributed by atoms with van der Waals surface area (Å²) in [4.78, 5) is 24.4. The molecule has 2 rings (SSSR count). The summed E-state index contributed by atoms with van der Waals surface area (Å²) in [6, 6.07) is 10.2. The highest BCUT2D eigenvalue weighted by molar-refractivity contribution is 8.00. The summed E-state index contributed by atoms with van der Waals surface area (Å²) in [5, 5.41) is 3.10. The highest BCUT2D eigenvalue weighted by Gasteiger charge is 2.17. The monoisotopic (exact) mass is 394 g/mol. The summed E-state index contributed by atoms with van der Waals surface area (Å²) in [5.74, 6) is 0.0985. The molecule has 3 N–H and O–H groups in total. The summed E-state index contributed by atoms with van der Waals surface area (Å²) in [7, 11) is 1.48. The highest BCUT2D eigenvalue weighted by atomic mass is 35.5. The van der Waals surface area contributed by atoms with Crippen molar-refractivity contribution >= 4 is 40.9 Å². The largest absolute Gasteiger partial charge is 0.493 e. The first-order valence-corrected chi connectivity index (χ1v) is 9.14. The molecule has 0 heterocycles. The number of rotatable bonds is 8. The number of nitrogens with two attached hydrogens (primary N) is 1. The van der Waals surface area contributed by atoms with Gasteiger partial charge in [-0.1, -0.05) is 23.7 Å². The minimum Gasteiger partial charge on any atom is -0.493 e. The van der Waals surface area contributed by atoms with E-state index in [0.717, 1.165) is 4.90 Å². The van der Waals surface area contributed by atoms with Crippen molar-refractivity contribution in [1.29, 1.82) is 0 Å². The van der Waals surface area contributed by atoms with Crippen molar-refractivity contribution in [2.24, 2.45) is 5.73 Å². The van der Waals surface area contributed by atoms with Crippen molar-refractivity contribution in [3.63, 3.8) is 0 Å². The van der Waals surface area contributed by atoms with E-state index < -0.39 is 5.91 Å². The van der Waals surface area contributed by atoms with E-state index in [2.05, 4.69) is 5.32 Å². The van der Waals surface area contributed by atoms with Crippen LogP contribution in [-0.4, -0.2) is 31.3 Å². The van der Waals surface area contributed by atoms with E-state index in [1.807, 2.05) is 13.0 Å². The quantitative estimate of drug-likeness (QED) is 0.668. The maximum absolute atomic E-state index is 12.6. The number of carbonyl (C=O) groups excluding carboxylic acids is 2. The Labute approximate surface area is 161 Å². The summed E-state index contributed by atoms with van der Waals surface area (Å²) >= 11 is 7.47. The van der Waals surface area contributed by atoms with Crippen LogP contribution in [-0.2, 0) is 4.79 Å². The first-order chi connectivity index (χ1) is 12.5. The number of nitrogens with one attached hydrogen (secondary N) is 1. The maximum atomic E-state index is 12.6. The molecule has 0 aliphatic carbocycles. The molecule has 0 aliphatic rings. The third-order valence-electron chi connectivity index (χ3n) is 3.29. The van der Waals surface area contributed by atoms with Crippen molar-refractivity contribution < 1.29 is 19.1 Å². The molecule has 8 heteroatoms. The lowest BCUT2D eigenvalue weighted by molar-refractivity contribution is -0.115. The number of benzene rings is 2. The molecule has 0 saturated carbocycles. The van der Waals surface area contributed by atoms with Crippen LogP contribution in [0.3, 0.4) is 0 Å². The van der Waals surface area contributed by atoms with Crippen LogP contribution in [0.5, 0.6) is 11.5 Å². The van der Waals surface area contributed by atoms with Gasteiger partial charge in [0.15, 0.2) is 11.5 Å². The van der Waals surface area contributed by atoms with Gasteiger partial charge < -0.3 is 20.5 Å². The average molecular weight is 395 g/mol. The smallest absolute Gasteiger partial charge is 0.255 e. The topological polar surface area (TPSA) is 90.6 Å². The lowest BCUT2D eigenvalue weighted by atomic mass is 10.1. The summed E-state index contributed by atoms with van der Waals surface area (Å²) < 4.78 is 10.7. The second kappa shape index (κ2) is 9.35. The Balaban J connectivity index is 2.25. The number of primary amides is 1. The Morgan fingerprint density at radius 3 is 2.65 bits per heavy atom. The van der Waals surface area contributed by atoms with Gasteiger partial charge in [0.1, 0.15) is 0 Å². The molecule has 2 aromatic rings. The summed E-state index contributed by atoms with van der Waals surface area (Å²) in [5.41, 5.74) is 6.08. The first-order valence-electron chi connectivity index (χ1n) is 7.78. The van der Waals surface area contributed by atoms with Crippen LogP contribution >= 0.6 is 23.4 Å². The number of para-hydroxylation sites is 1. The van der Waals surface area contributed by atoms with Crippen LogP contribution in [0.25, 0.3) is 0 Å². The molecule has 0 radical (unpaired) electrons. The molecule has 138 valence electrons. The fraction of sp³-hybridized carbons (Fsp3) is 0.222. The third kappa shape index (κ3) is 5.06. The predicted molar refractivity (Wildman–Crippen MR) is 103 cm³/mol. The zero-order chi connectivity index (χ0) is 19.1. The van der Waals surface area contributed by atoms with E-state index in [4.69, 9.17) is 26.8 Å². The number of halogens is 1. The molecule has 0 aromatic heterocycles. The van der Waals surface area contributed by atoms with Crippen molar-refractivity contribution in [1.82, 2.24) is 0 Å². The van der Waals surface area contributed by atoms with Gasteiger partial charge in [-0.3, -0.25) is 9.59 Å². The zero-order valence-corrected chi connectivity index (χ0v) is 15.9. The maximum Gasteiger partial charge on any atom is 0.255 e. The number of anilines is 1. The van der Waals surface area contributed by atoms with Crippen LogP contribution < -0.4 is 20.5 Å². The highest BCUT2D eigenvalue weighted by Crippen LogP contribution is 2.37. The Hall–Kier alpha value is -2.38. The van der Waals surface area contributed by atoms with Crippen LogP contribution in [0.4, 0.5) is 5.69 Å². The second-order valence-electron chi connectivity index (χ2n) is 5.13. The molecular weight excluding hydrogens is 376 g/mol. The van der Waals surface area contributed by atoms with Crippen LogP contribution in [0.15, 0.2) is 41.3 Å². The van der Waals surface area contributed by atoms with Gasteiger partial charge in [0.25, 0.3) is 5.91 Å². The summed E-state index contributed by atoms with van der Waals surface area (Å²) in [6.45, 7) is 2.25. The number of hydrogen-bond donors (Lipinski definition) is 2. The average Bonchev–Trinajstić information content (AvgIpc) is 2.62. The van der Waals surface area contributed by atoms with E-state index >= 15 is 0 Å². The number of amides is 2. The Morgan fingerprint density at radius 1 is 1.27 bits per heavy atom. The molecule has 0 unspecified atom stereocenters. The molecule has 2 aromatic carbocycles. The number of ether oxygens (including phenoxy) is 2. The number of thioether (sulfide) groups is 1. The van der Waals surface area contributed by atoms with Gasteiger partial charge in [-0.2, -0.15) is 0 Å². The van der Waals surface area contributed by atoms with Crippen LogP contribution in [0.1, 0.15) is 17.3 Å². The number of methoxy groups -OCH3 is 1. The minimum absolute atomic E-state index is 0.121. The Morgan fingerprint density at radius 2 is 2.00 bits per heavy atom. The van der Waals surface area contributed by atoms with Crippen molar-refractivity contribution in [2.75, 3.05) is 24.8 Å². The van der Waals surface area contributed by atoms with E-state index in [1.165, 1.54) is 24.9 Å². The molecule has 6 nitrogen and oxygen atoms in total. The predicted octanol–water partition coefficient (Wildman–Crippen LogP) is 3.58. The number of hydrogen-bond acceptors (Lipinski definition) is 5. The molecule has 0 fully saturated rings. The van der Waals surface area contributed by atoms with Gasteiger partial charge in [0.2, 0.25) is 5.91 Å². The van der Waals surface area contributed by atoms with Gasteiger partial charge in [0.05, 0.1) is 30.2 Å². The van der Waals surface area contributed by atoms with E-state index in [9.17, 15) is 9.59 Å². The SMILES string of the molecule is CCOc1c(Cl)cc(C(=O)Nc2ccccc2SCC(N)=O)cc1OC. The molecule has 0 spiro atoms. The molecule has 0 aliphatic heterocycles. The Kier molecular flexibility index (Phi) is 7.17. The van der Waals surface area contributed by atoms with Crippen LogP contribution in [0, 0.1) is 0 Å². The molecule has 26 heavy (non-hydrogen) atoms. The van der Waals surface area contributed by atoms with Crippen molar-refractivity contribution in [3.05, 3.63) is 47.0 Å². The van der Waals surface area contributed by atoms with E-state index in [1.54, 1.807) is 24.3 Å². The fourth-order valence-electron chi connectivity index (χ4n) is 2.17. The third-order valence-corrected chi connectivity index (χ3v) is 4.66. The van der Waals surface area contributed by atoms with Gasteiger partial charge >= 0.3 is 0 Å². The molecule has 0 bridgehead atoms. The van der Waals surface area contributed by atoms with Gasteiger partial charge in [-0.25, -0.2) is 0 Å². The van der Waals surface area contributed by atoms with Crippen LogP contribution in [0.2, 0.25) is 5.02 Å². The fourth-order valence-corrected chi connectivity index (χ4v) is 3.19. The van der Waals surface area contributed by atoms with Gasteiger partial charge in [0, 0.05) is 10.5 Å². The molecule has 0 saturated heterocycles. The number of carbonyl (C=O) groups is 2. The van der Waals surface area contributed by atoms with E-state index in [-0.39, 0.29) is 16.7 Å². The van der Waals surface area contributed by atoms with Gasteiger partial charge in [-0.15, -0.1) is 11.8 Å².